The van der Waals surface area contributed by atoms with Crippen molar-refractivity contribution in [2.24, 2.45) is 10.9 Å². The van der Waals surface area contributed by atoms with Crippen LogP contribution in [-0.4, -0.2) is 48.4 Å². The normalized spacial score (nSPS) is 16.9. The fourth-order valence-electron chi connectivity index (χ4n) is 3.58. The van der Waals surface area contributed by atoms with Crippen LogP contribution >= 0.6 is 0 Å². The van der Waals surface area contributed by atoms with Gasteiger partial charge in [-0.25, -0.2) is 4.98 Å². The number of likely N-dealkylation sites (tertiary alicyclic amines) is 1. The zero-order valence-electron chi connectivity index (χ0n) is 16.7. The van der Waals surface area contributed by atoms with Crippen LogP contribution in [0.5, 0.6) is 0 Å². The van der Waals surface area contributed by atoms with Crippen LogP contribution in [0.3, 0.4) is 0 Å². The summed E-state index contributed by atoms with van der Waals surface area (Å²) in [6.07, 6.45) is 2.63. The topological polar surface area (TPSA) is 69.6 Å². The van der Waals surface area contributed by atoms with Gasteiger partial charge in [-0.1, -0.05) is 36.4 Å². The third-order valence-electron chi connectivity index (χ3n) is 4.96. The Hall–Kier alpha value is -2.89. The van der Waals surface area contributed by atoms with E-state index in [2.05, 4.69) is 55.8 Å². The second-order valence-corrected chi connectivity index (χ2v) is 7.23. The first-order chi connectivity index (χ1) is 13.6. The van der Waals surface area contributed by atoms with Crippen molar-refractivity contribution in [3.8, 4) is 0 Å². The molecule has 0 spiro atoms. The maximum Gasteiger partial charge on any atom is 0.227 e. The minimum absolute atomic E-state index is 0.0515. The summed E-state index contributed by atoms with van der Waals surface area (Å²) in [5, 5.41) is 6.15. The molecule has 1 atom stereocenters. The van der Waals surface area contributed by atoms with E-state index in [1.165, 1.54) is 5.56 Å². The summed E-state index contributed by atoms with van der Waals surface area (Å²) in [5.41, 5.74) is 2.27. The number of anilines is 1. The summed E-state index contributed by atoms with van der Waals surface area (Å²) in [6, 6.07) is 16.2. The molecule has 0 radical (unpaired) electrons. The van der Waals surface area contributed by atoms with Crippen LogP contribution in [-0.2, 0) is 11.2 Å². The van der Waals surface area contributed by atoms with E-state index in [1.54, 1.807) is 13.1 Å². The lowest BCUT2D eigenvalue weighted by Crippen LogP contribution is -2.41. The third-order valence-corrected chi connectivity index (χ3v) is 4.96. The molecule has 1 saturated heterocycles. The third kappa shape index (κ3) is 5.81. The van der Waals surface area contributed by atoms with Crippen LogP contribution in [0.1, 0.15) is 24.1 Å². The number of rotatable bonds is 6. The monoisotopic (exact) mass is 379 g/mol. The number of nitrogens with zero attached hydrogens (tertiary/aromatic N) is 3. The maximum atomic E-state index is 12.1. The van der Waals surface area contributed by atoms with Crippen LogP contribution in [0.25, 0.3) is 0 Å². The number of hydrogen-bond acceptors (Lipinski definition) is 3. The first-order valence-corrected chi connectivity index (χ1v) is 9.87. The molecule has 2 N–H and O–H groups in total. The highest BCUT2D eigenvalue weighted by molar-refractivity contribution is 5.90. The lowest BCUT2D eigenvalue weighted by molar-refractivity contribution is -0.116. The van der Waals surface area contributed by atoms with Crippen molar-refractivity contribution >= 4 is 17.7 Å². The number of aliphatic imine (C=N–C) groups is 1. The smallest absolute Gasteiger partial charge is 0.227 e. The van der Waals surface area contributed by atoms with Gasteiger partial charge in [-0.2, -0.15) is 0 Å². The summed E-state index contributed by atoms with van der Waals surface area (Å²) in [7, 11) is 1.80. The number of carbonyl (C=O) groups excluding carboxylic acids is 1. The van der Waals surface area contributed by atoms with E-state index in [1.807, 2.05) is 19.1 Å². The summed E-state index contributed by atoms with van der Waals surface area (Å²) in [4.78, 5) is 23.1. The molecule has 1 aliphatic heterocycles. The van der Waals surface area contributed by atoms with Gasteiger partial charge in [0.1, 0.15) is 5.82 Å². The molecule has 0 saturated carbocycles. The second-order valence-electron chi connectivity index (χ2n) is 7.23. The van der Waals surface area contributed by atoms with Crippen molar-refractivity contribution in [3.63, 3.8) is 0 Å². The first-order valence-electron chi connectivity index (χ1n) is 9.87. The highest BCUT2D eigenvalue weighted by Gasteiger charge is 2.24. The number of amides is 1. The summed E-state index contributed by atoms with van der Waals surface area (Å²) >= 11 is 0. The molecule has 6 heteroatoms. The standard InChI is InChI=1S/C22H29N5O/c1-17-7-6-10-20(25-17)26-21(28)11-13-24-22(23-2)27-14-12-19(16-27)15-18-8-4-3-5-9-18/h3-10,19H,11-16H2,1-2H3,(H,23,24)(H,25,26,28). The Balaban J connectivity index is 1.41. The number of nitrogens with one attached hydrogen (secondary N) is 2. The fourth-order valence-corrected chi connectivity index (χ4v) is 3.58. The van der Waals surface area contributed by atoms with Crippen LogP contribution in [0.15, 0.2) is 53.5 Å². The fraction of sp³-hybridized carbons (Fsp3) is 0.409. The average Bonchev–Trinajstić information content (AvgIpc) is 3.14. The van der Waals surface area contributed by atoms with Crippen molar-refractivity contribution in [2.45, 2.75) is 26.2 Å². The molecule has 1 amide bonds. The van der Waals surface area contributed by atoms with E-state index in [-0.39, 0.29) is 5.91 Å². The first kappa shape index (κ1) is 19.9. The lowest BCUT2D eigenvalue weighted by atomic mass is 9.99. The van der Waals surface area contributed by atoms with E-state index in [0.29, 0.717) is 24.7 Å². The van der Waals surface area contributed by atoms with Gasteiger partial charge in [0, 0.05) is 38.8 Å². The van der Waals surface area contributed by atoms with Crippen molar-refractivity contribution in [3.05, 3.63) is 59.8 Å². The van der Waals surface area contributed by atoms with Gasteiger partial charge in [-0.05, 0) is 43.4 Å². The number of pyridine rings is 1. The highest BCUT2D eigenvalue weighted by atomic mass is 16.1. The molecular formula is C22H29N5O. The Kier molecular flexibility index (Phi) is 7.00. The molecular weight excluding hydrogens is 350 g/mol. The van der Waals surface area contributed by atoms with Crippen molar-refractivity contribution < 1.29 is 4.79 Å². The van der Waals surface area contributed by atoms with Crippen LogP contribution < -0.4 is 10.6 Å². The average molecular weight is 380 g/mol. The van der Waals surface area contributed by atoms with Gasteiger partial charge >= 0.3 is 0 Å². The zero-order chi connectivity index (χ0) is 19.8. The van der Waals surface area contributed by atoms with Gasteiger partial charge < -0.3 is 15.5 Å². The SMILES string of the molecule is CN=C(NCCC(=O)Nc1cccc(C)n1)N1CCC(Cc2ccccc2)C1. The largest absolute Gasteiger partial charge is 0.356 e. The molecule has 2 heterocycles. The number of carbonyl (C=O) groups is 1. The van der Waals surface area contributed by atoms with Gasteiger partial charge in [0.2, 0.25) is 5.91 Å². The predicted molar refractivity (Wildman–Crippen MR) is 113 cm³/mol. The van der Waals surface area contributed by atoms with Crippen LogP contribution in [0.4, 0.5) is 5.82 Å². The molecule has 1 unspecified atom stereocenters. The Morgan fingerprint density at radius 3 is 2.79 bits per heavy atom. The van der Waals surface area contributed by atoms with E-state index in [0.717, 1.165) is 37.6 Å². The number of aromatic nitrogens is 1. The number of aryl methyl sites for hydroxylation is 1. The van der Waals surface area contributed by atoms with Gasteiger partial charge in [0.15, 0.2) is 5.96 Å². The highest BCUT2D eigenvalue weighted by Crippen LogP contribution is 2.20. The molecule has 0 bridgehead atoms. The second kappa shape index (κ2) is 9.88. The van der Waals surface area contributed by atoms with E-state index >= 15 is 0 Å². The minimum atomic E-state index is -0.0515. The summed E-state index contributed by atoms with van der Waals surface area (Å²) in [6.45, 7) is 4.44. The van der Waals surface area contributed by atoms with Crippen LogP contribution in [0, 0.1) is 12.8 Å². The van der Waals surface area contributed by atoms with Crippen molar-refractivity contribution in [2.75, 3.05) is 32.0 Å². The number of benzene rings is 1. The maximum absolute atomic E-state index is 12.1. The Bertz CT molecular complexity index is 806. The summed E-state index contributed by atoms with van der Waals surface area (Å²) in [5.74, 6) is 2.05. The van der Waals surface area contributed by atoms with Gasteiger partial charge in [-0.15, -0.1) is 0 Å². The van der Waals surface area contributed by atoms with E-state index < -0.39 is 0 Å². The quantitative estimate of drug-likeness (QED) is 0.598. The minimum Gasteiger partial charge on any atom is -0.356 e. The Morgan fingerprint density at radius 2 is 2.04 bits per heavy atom. The van der Waals surface area contributed by atoms with E-state index in [4.69, 9.17) is 0 Å². The lowest BCUT2D eigenvalue weighted by Gasteiger charge is -2.21. The molecule has 1 aliphatic rings. The number of hydrogen-bond donors (Lipinski definition) is 2. The van der Waals surface area contributed by atoms with Gasteiger partial charge in [0.25, 0.3) is 0 Å². The molecule has 1 aromatic carbocycles. The zero-order valence-corrected chi connectivity index (χ0v) is 16.7. The number of guanidine groups is 1. The molecule has 6 nitrogen and oxygen atoms in total. The molecule has 28 heavy (non-hydrogen) atoms. The van der Waals surface area contributed by atoms with Crippen LogP contribution in [0.2, 0.25) is 0 Å². The molecule has 0 aliphatic carbocycles. The molecule has 3 rings (SSSR count). The molecule has 148 valence electrons. The Labute approximate surface area is 167 Å². The van der Waals surface area contributed by atoms with Gasteiger partial charge in [0.05, 0.1) is 0 Å². The predicted octanol–water partition coefficient (Wildman–Crippen LogP) is 2.86. The van der Waals surface area contributed by atoms with E-state index in [9.17, 15) is 4.79 Å². The summed E-state index contributed by atoms with van der Waals surface area (Å²) < 4.78 is 0. The van der Waals surface area contributed by atoms with Crippen molar-refractivity contribution in [1.82, 2.24) is 15.2 Å². The molecule has 1 fully saturated rings. The van der Waals surface area contributed by atoms with Crippen molar-refractivity contribution in [1.29, 1.82) is 0 Å². The van der Waals surface area contributed by atoms with Gasteiger partial charge in [-0.3, -0.25) is 9.79 Å². The molecule has 2 aromatic rings. The molecule has 1 aromatic heterocycles. The Morgan fingerprint density at radius 1 is 1.21 bits per heavy atom.